The molecule has 8 heteroatoms. The number of piperazine rings is 1. The van der Waals surface area contributed by atoms with Crippen LogP contribution in [-0.4, -0.2) is 43.1 Å². The van der Waals surface area contributed by atoms with Crippen LogP contribution in [0.3, 0.4) is 0 Å². The quantitative estimate of drug-likeness (QED) is 0.744. The lowest BCUT2D eigenvalue weighted by Gasteiger charge is -2.34. The van der Waals surface area contributed by atoms with Crippen molar-refractivity contribution in [1.82, 2.24) is 14.3 Å². The Balaban J connectivity index is 1.85. The predicted molar refractivity (Wildman–Crippen MR) is 103 cm³/mol. The Labute approximate surface area is 157 Å². The number of rotatable bonds is 4. The monoisotopic (exact) mass is 388 g/mol. The summed E-state index contributed by atoms with van der Waals surface area (Å²) in [6.07, 6.45) is 4.25. The largest absolute Gasteiger partial charge is 0.366 e. The van der Waals surface area contributed by atoms with Crippen molar-refractivity contribution < 1.29 is 12.8 Å². The molecule has 2 aromatic heterocycles. The third-order valence-electron chi connectivity index (χ3n) is 4.95. The van der Waals surface area contributed by atoms with Crippen molar-refractivity contribution >= 4 is 26.7 Å². The normalized spacial score (nSPS) is 18.1. The number of nitrogens with zero attached hydrogens (tertiary/aromatic N) is 3. The smallest absolute Gasteiger partial charge is 0.268 e. The lowest BCUT2D eigenvalue weighted by Crippen LogP contribution is -2.50. The molecule has 3 aromatic rings. The molecule has 6 nitrogen and oxygen atoms in total. The zero-order chi connectivity index (χ0) is 19.0. The summed E-state index contributed by atoms with van der Waals surface area (Å²) in [5, 5.41) is 3.46. The Morgan fingerprint density at radius 2 is 2.15 bits per heavy atom. The standard InChI is InChI=1S/C19H21FN4O2S/c1-2-15-12-23(10-9-21-15)18-13-24(17-7-4-8-22-19(17)18)27(25,26)16-6-3-5-14(20)11-16/h3-8,11,13,15,21H,2,9-10,12H2,1H3/t15-/m0/s1. The maximum atomic E-state index is 13.6. The molecule has 1 atom stereocenters. The summed E-state index contributed by atoms with van der Waals surface area (Å²) < 4.78 is 41.1. The molecule has 0 amide bonds. The van der Waals surface area contributed by atoms with Gasteiger partial charge in [0.15, 0.2) is 0 Å². The van der Waals surface area contributed by atoms with Crippen molar-refractivity contribution in [2.45, 2.75) is 24.3 Å². The molecule has 0 bridgehead atoms. The van der Waals surface area contributed by atoms with Crippen LogP contribution in [0.2, 0.25) is 0 Å². The zero-order valence-electron chi connectivity index (χ0n) is 15.0. The minimum absolute atomic E-state index is 0.0819. The van der Waals surface area contributed by atoms with Crippen LogP contribution in [0.25, 0.3) is 11.0 Å². The lowest BCUT2D eigenvalue weighted by molar-refractivity contribution is 0.447. The fourth-order valence-electron chi connectivity index (χ4n) is 3.50. The molecular formula is C19H21FN4O2S. The van der Waals surface area contributed by atoms with Crippen LogP contribution in [0, 0.1) is 5.82 Å². The van der Waals surface area contributed by atoms with Gasteiger partial charge in [0.25, 0.3) is 10.0 Å². The van der Waals surface area contributed by atoms with Gasteiger partial charge in [-0.05, 0) is 36.8 Å². The van der Waals surface area contributed by atoms with Crippen molar-refractivity contribution in [2.75, 3.05) is 24.5 Å². The first-order valence-corrected chi connectivity index (χ1v) is 10.4. The van der Waals surface area contributed by atoms with E-state index in [-0.39, 0.29) is 4.90 Å². The molecule has 1 saturated heterocycles. The SMILES string of the molecule is CC[C@H]1CN(c2cn(S(=O)(=O)c3cccc(F)c3)c3cccnc23)CCN1. The molecule has 0 aliphatic carbocycles. The topological polar surface area (TPSA) is 67.2 Å². The molecule has 142 valence electrons. The van der Waals surface area contributed by atoms with E-state index in [1.807, 2.05) is 0 Å². The average molecular weight is 388 g/mol. The third kappa shape index (κ3) is 3.19. The van der Waals surface area contributed by atoms with E-state index in [4.69, 9.17) is 0 Å². The molecule has 1 aliphatic heterocycles. The molecule has 1 N–H and O–H groups in total. The van der Waals surface area contributed by atoms with Gasteiger partial charge in [0.2, 0.25) is 0 Å². The van der Waals surface area contributed by atoms with Crippen LogP contribution < -0.4 is 10.2 Å². The van der Waals surface area contributed by atoms with Crippen LogP contribution in [0.15, 0.2) is 53.7 Å². The first-order chi connectivity index (χ1) is 13.0. The zero-order valence-corrected chi connectivity index (χ0v) is 15.8. The number of nitrogens with one attached hydrogen (secondary N) is 1. The van der Waals surface area contributed by atoms with Gasteiger partial charge in [-0.25, -0.2) is 16.8 Å². The van der Waals surface area contributed by atoms with Gasteiger partial charge >= 0.3 is 0 Å². The summed E-state index contributed by atoms with van der Waals surface area (Å²) >= 11 is 0. The van der Waals surface area contributed by atoms with Gasteiger partial charge in [-0.15, -0.1) is 0 Å². The first kappa shape index (κ1) is 17.9. The number of aromatic nitrogens is 2. The van der Waals surface area contributed by atoms with Crippen molar-refractivity contribution in [3.63, 3.8) is 0 Å². The van der Waals surface area contributed by atoms with E-state index in [2.05, 4.69) is 22.1 Å². The van der Waals surface area contributed by atoms with Gasteiger partial charge in [0, 0.05) is 38.1 Å². The van der Waals surface area contributed by atoms with Gasteiger partial charge in [0.1, 0.15) is 11.3 Å². The van der Waals surface area contributed by atoms with Crippen LogP contribution in [0.5, 0.6) is 0 Å². The van der Waals surface area contributed by atoms with Gasteiger partial charge in [-0.2, -0.15) is 0 Å². The van der Waals surface area contributed by atoms with E-state index in [1.54, 1.807) is 24.5 Å². The number of pyridine rings is 1. The second-order valence-electron chi connectivity index (χ2n) is 6.65. The summed E-state index contributed by atoms with van der Waals surface area (Å²) in [6, 6.07) is 8.84. The molecule has 4 rings (SSSR count). The summed E-state index contributed by atoms with van der Waals surface area (Å²) in [5.41, 5.74) is 1.91. The van der Waals surface area contributed by atoms with Crippen LogP contribution in [-0.2, 0) is 10.0 Å². The highest BCUT2D eigenvalue weighted by molar-refractivity contribution is 7.90. The first-order valence-electron chi connectivity index (χ1n) is 8.96. The van der Waals surface area contributed by atoms with Crippen LogP contribution >= 0.6 is 0 Å². The number of benzene rings is 1. The maximum absolute atomic E-state index is 13.6. The van der Waals surface area contributed by atoms with Gasteiger partial charge < -0.3 is 10.2 Å². The Kier molecular flexibility index (Phi) is 4.61. The molecule has 1 aliphatic rings. The van der Waals surface area contributed by atoms with E-state index in [1.165, 1.54) is 22.2 Å². The number of hydrogen-bond acceptors (Lipinski definition) is 5. The fraction of sp³-hybridized carbons (Fsp3) is 0.316. The Bertz CT molecular complexity index is 1080. The second kappa shape index (κ2) is 6.94. The maximum Gasteiger partial charge on any atom is 0.268 e. The van der Waals surface area contributed by atoms with E-state index >= 15 is 0 Å². The van der Waals surface area contributed by atoms with Crippen molar-refractivity contribution in [1.29, 1.82) is 0 Å². The molecule has 0 unspecified atom stereocenters. The summed E-state index contributed by atoms with van der Waals surface area (Å²) in [7, 11) is -3.93. The Morgan fingerprint density at radius 3 is 2.93 bits per heavy atom. The van der Waals surface area contributed by atoms with Gasteiger partial charge in [-0.3, -0.25) is 4.98 Å². The second-order valence-corrected chi connectivity index (χ2v) is 8.46. The predicted octanol–water partition coefficient (Wildman–Crippen LogP) is 2.60. The number of hydrogen-bond donors (Lipinski definition) is 1. The Morgan fingerprint density at radius 1 is 1.30 bits per heavy atom. The molecule has 1 fully saturated rings. The van der Waals surface area contributed by atoms with Crippen molar-refractivity contribution in [3.8, 4) is 0 Å². The highest BCUT2D eigenvalue weighted by Crippen LogP contribution is 2.31. The lowest BCUT2D eigenvalue weighted by atomic mass is 10.1. The molecule has 3 heterocycles. The van der Waals surface area contributed by atoms with Crippen molar-refractivity contribution in [3.05, 3.63) is 54.6 Å². The highest BCUT2D eigenvalue weighted by atomic mass is 32.2. The molecule has 27 heavy (non-hydrogen) atoms. The van der Waals surface area contributed by atoms with Gasteiger partial charge in [-0.1, -0.05) is 13.0 Å². The molecule has 1 aromatic carbocycles. The molecule has 0 radical (unpaired) electrons. The van der Waals surface area contributed by atoms with Gasteiger partial charge in [0.05, 0.1) is 16.1 Å². The minimum atomic E-state index is -3.93. The number of fused-ring (bicyclic) bond motifs is 1. The van der Waals surface area contributed by atoms with Crippen LogP contribution in [0.4, 0.5) is 10.1 Å². The van der Waals surface area contributed by atoms with E-state index in [0.717, 1.165) is 37.8 Å². The molecule has 0 saturated carbocycles. The summed E-state index contributed by atoms with van der Waals surface area (Å²) in [5.74, 6) is -0.584. The van der Waals surface area contributed by atoms with E-state index < -0.39 is 15.8 Å². The van der Waals surface area contributed by atoms with Crippen molar-refractivity contribution in [2.24, 2.45) is 0 Å². The summed E-state index contributed by atoms with van der Waals surface area (Å²) in [4.78, 5) is 6.51. The number of halogens is 1. The van der Waals surface area contributed by atoms with E-state index in [0.29, 0.717) is 17.1 Å². The average Bonchev–Trinajstić information content (AvgIpc) is 3.08. The Hall–Kier alpha value is -2.45. The molecule has 0 spiro atoms. The number of anilines is 1. The fourth-order valence-corrected chi connectivity index (χ4v) is 4.89. The van der Waals surface area contributed by atoms with E-state index in [9.17, 15) is 12.8 Å². The third-order valence-corrected chi connectivity index (χ3v) is 6.62. The highest BCUT2D eigenvalue weighted by Gasteiger charge is 2.26. The van der Waals surface area contributed by atoms with Crippen LogP contribution in [0.1, 0.15) is 13.3 Å². The minimum Gasteiger partial charge on any atom is -0.366 e. The molecular weight excluding hydrogens is 367 g/mol. The summed E-state index contributed by atoms with van der Waals surface area (Å²) in [6.45, 7) is 4.50.